The van der Waals surface area contributed by atoms with Crippen molar-refractivity contribution in [2.75, 3.05) is 25.2 Å². The number of ether oxygens (including phenoxy) is 2. The number of aromatic nitrogens is 4. The second-order valence-electron chi connectivity index (χ2n) is 9.45. The van der Waals surface area contributed by atoms with Gasteiger partial charge >= 0.3 is 0 Å². The summed E-state index contributed by atoms with van der Waals surface area (Å²) in [5.41, 5.74) is 1.52. The molecule has 3 aromatic carbocycles. The number of anilines is 1. The molecule has 41 heavy (non-hydrogen) atoms. The van der Waals surface area contributed by atoms with Crippen molar-refractivity contribution < 1.29 is 23.5 Å². The third-order valence-electron chi connectivity index (χ3n) is 6.65. The summed E-state index contributed by atoms with van der Waals surface area (Å²) in [7, 11) is 1.52. The van der Waals surface area contributed by atoms with Crippen molar-refractivity contribution in [2.24, 2.45) is 0 Å². The maximum absolute atomic E-state index is 14.0. The van der Waals surface area contributed by atoms with E-state index in [1.54, 1.807) is 48.5 Å². The first kappa shape index (κ1) is 28.2. The predicted octanol–water partition coefficient (Wildman–Crippen LogP) is 4.21. The molecular weight excluding hydrogens is 551 g/mol. The average Bonchev–Trinajstić information content (AvgIpc) is 3.68. The van der Waals surface area contributed by atoms with E-state index in [4.69, 9.17) is 21.1 Å². The van der Waals surface area contributed by atoms with Gasteiger partial charge in [-0.1, -0.05) is 29.8 Å². The Balaban J connectivity index is 1.49. The fraction of sp³-hybridized carbons (Fsp3) is 0.276. The molecule has 12 heteroatoms. The van der Waals surface area contributed by atoms with Crippen LogP contribution in [0.5, 0.6) is 5.75 Å². The second-order valence-corrected chi connectivity index (χ2v) is 9.89. The third-order valence-corrected chi connectivity index (χ3v) is 6.90. The van der Waals surface area contributed by atoms with Crippen LogP contribution in [0.1, 0.15) is 24.4 Å². The van der Waals surface area contributed by atoms with E-state index < -0.39 is 23.7 Å². The molecule has 0 unspecified atom stereocenters. The Morgan fingerprint density at radius 1 is 1.17 bits per heavy atom. The number of benzene rings is 3. The van der Waals surface area contributed by atoms with Gasteiger partial charge in [-0.25, -0.2) is 4.39 Å². The van der Waals surface area contributed by atoms with Crippen LogP contribution in [0, 0.1) is 5.82 Å². The van der Waals surface area contributed by atoms with Gasteiger partial charge in [0.1, 0.15) is 24.2 Å². The lowest BCUT2D eigenvalue weighted by Crippen LogP contribution is -2.46. The summed E-state index contributed by atoms with van der Waals surface area (Å²) >= 11 is 6.15. The maximum Gasteiger partial charge on any atom is 0.251 e. The minimum Gasteiger partial charge on any atom is -0.497 e. The zero-order valence-corrected chi connectivity index (χ0v) is 23.0. The molecule has 1 N–H and O–H groups in total. The van der Waals surface area contributed by atoms with Crippen molar-refractivity contribution in [1.29, 1.82) is 0 Å². The smallest absolute Gasteiger partial charge is 0.251 e. The fourth-order valence-electron chi connectivity index (χ4n) is 4.60. The van der Waals surface area contributed by atoms with Crippen molar-refractivity contribution in [3.05, 3.63) is 89.2 Å². The zero-order valence-electron chi connectivity index (χ0n) is 22.2. The number of nitrogens with zero attached hydrogens (tertiary/aromatic N) is 5. The number of halogens is 2. The lowest BCUT2D eigenvalue weighted by molar-refractivity contribution is -0.127. The van der Waals surface area contributed by atoms with Gasteiger partial charge in [-0.2, -0.15) is 4.80 Å². The maximum atomic E-state index is 14.0. The Morgan fingerprint density at radius 2 is 1.95 bits per heavy atom. The van der Waals surface area contributed by atoms with Gasteiger partial charge in [-0.15, -0.1) is 10.2 Å². The first-order chi connectivity index (χ1) is 19.9. The molecule has 2 atom stereocenters. The topological polar surface area (TPSA) is 111 Å². The quantitative estimate of drug-likeness (QED) is 0.300. The van der Waals surface area contributed by atoms with Crippen LogP contribution in [-0.2, 0) is 20.9 Å². The van der Waals surface area contributed by atoms with Crippen LogP contribution in [0.15, 0.2) is 72.8 Å². The van der Waals surface area contributed by atoms with Crippen LogP contribution >= 0.6 is 11.6 Å². The second kappa shape index (κ2) is 12.9. The van der Waals surface area contributed by atoms with Gasteiger partial charge in [0.15, 0.2) is 0 Å². The third kappa shape index (κ3) is 6.87. The summed E-state index contributed by atoms with van der Waals surface area (Å²) in [6.07, 6.45) is 1.69. The lowest BCUT2D eigenvalue weighted by atomic mass is 10.0. The van der Waals surface area contributed by atoms with Crippen molar-refractivity contribution in [3.63, 3.8) is 0 Å². The standard InChI is InChI=1S/C29H28ClFN6O4/c1-40-24-5-2-4-23(16-24)37(26(38)18-36-34-28(33-35-36)20-9-13-22(31)14-10-20)27(19-7-11-21(30)12-8-19)29(39)32-17-25-6-3-15-41-25/h2,4-5,7-14,16,25,27H,3,6,15,17-18H2,1H3,(H,32,39)/t25-,27+/m1/s1. The fourth-order valence-corrected chi connectivity index (χ4v) is 4.72. The molecule has 1 aliphatic rings. The summed E-state index contributed by atoms with van der Waals surface area (Å²) in [4.78, 5) is 30.4. The summed E-state index contributed by atoms with van der Waals surface area (Å²) in [6.45, 7) is 0.642. The molecule has 0 radical (unpaired) electrons. The Morgan fingerprint density at radius 3 is 2.66 bits per heavy atom. The number of tetrazole rings is 1. The number of nitrogens with one attached hydrogen (secondary N) is 1. The highest BCUT2D eigenvalue weighted by molar-refractivity contribution is 6.30. The molecule has 0 bridgehead atoms. The van der Waals surface area contributed by atoms with Gasteiger partial charge < -0.3 is 14.8 Å². The number of hydrogen-bond acceptors (Lipinski definition) is 7. The number of carbonyl (C=O) groups excluding carboxylic acids is 2. The van der Waals surface area contributed by atoms with Gasteiger partial charge in [0.05, 0.1) is 13.2 Å². The van der Waals surface area contributed by atoms with Gasteiger partial charge in [-0.3, -0.25) is 14.5 Å². The van der Waals surface area contributed by atoms with Crippen LogP contribution in [0.4, 0.5) is 10.1 Å². The van der Waals surface area contributed by atoms with E-state index in [-0.39, 0.29) is 18.5 Å². The molecule has 2 heterocycles. The van der Waals surface area contributed by atoms with Crippen LogP contribution < -0.4 is 15.0 Å². The van der Waals surface area contributed by atoms with E-state index in [0.29, 0.717) is 40.7 Å². The summed E-state index contributed by atoms with van der Waals surface area (Å²) in [5.74, 6) is -0.524. The molecule has 10 nitrogen and oxygen atoms in total. The zero-order chi connectivity index (χ0) is 28.8. The first-order valence-electron chi connectivity index (χ1n) is 13.1. The largest absolute Gasteiger partial charge is 0.497 e. The van der Waals surface area contributed by atoms with Crippen LogP contribution in [-0.4, -0.2) is 58.4 Å². The van der Waals surface area contributed by atoms with E-state index >= 15 is 0 Å². The van der Waals surface area contributed by atoms with Gasteiger partial charge in [-0.05, 0) is 72.1 Å². The molecule has 0 aliphatic carbocycles. The monoisotopic (exact) mass is 578 g/mol. The van der Waals surface area contributed by atoms with Crippen LogP contribution in [0.3, 0.4) is 0 Å². The SMILES string of the molecule is COc1cccc(N(C(=O)Cn2nnc(-c3ccc(F)cc3)n2)[C@H](C(=O)NC[C@H]2CCCO2)c2ccc(Cl)cc2)c1. The minimum atomic E-state index is -1.06. The van der Waals surface area contributed by atoms with Gasteiger partial charge in [0.25, 0.3) is 5.91 Å². The molecule has 1 saturated heterocycles. The molecule has 0 spiro atoms. The Labute approximate surface area is 241 Å². The molecule has 1 aliphatic heterocycles. The Hall–Kier alpha value is -4.35. The van der Waals surface area contributed by atoms with E-state index in [0.717, 1.165) is 17.6 Å². The molecule has 5 rings (SSSR count). The predicted molar refractivity (Wildman–Crippen MR) is 150 cm³/mol. The highest BCUT2D eigenvalue weighted by Gasteiger charge is 2.34. The van der Waals surface area contributed by atoms with Crippen LogP contribution in [0.2, 0.25) is 5.02 Å². The van der Waals surface area contributed by atoms with Crippen molar-refractivity contribution in [1.82, 2.24) is 25.5 Å². The molecule has 1 aromatic heterocycles. The van der Waals surface area contributed by atoms with Crippen LogP contribution in [0.25, 0.3) is 11.4 Å². The molecule has 212 valence electrons. The van der Waals surface area contributed by atoms with Crippen molar-refractivity contribution in [2.45, 2.75) is 31.5 Å². The Bertz CT molecular complexity index is 1490. The molecular formula is C29H28ClFN6O4. The number of methoxy groups -OCH3 is 1. The highest BCUT2D eigenvalue weighted by Crippen LogP contribution is 2.31. The summed E-state index contributed by atoms with van der Waals surface area (Å²) in [6, 6.07) is 18.2. The highest BCUT2D eigenvalue weighted by atomic mass is 35.5. The molecule has 2 amide bonds. The number of amides is 2. The van der Waals surface area contributed by atoms with E-state index in [1.165, 1.54) is 36.3 Å². The molecule has 0 saturated carbocycles. The molecule has 4 aromatic rings. The van der Waals surface area contributed by atoms with Crippen molar-refractivity contribution in [3.8, 4) is 17.1 Å². The lowest BCUT2D eigenvalue weighted by Gasteiger charge is -2.32. The average molecular weight is 579 g/mol. The van der Waals surface area contributed by atoms with Gasteiger partial charge in [0.2, 0.25) is 11.7 Å². The molecule has 1 fully saturated rings. The minimum absolute atomic E-state index is 0.0879. The first-order valence-corrected chi connectivity index (χ1v) is 13.4. The summed E-state index contributed by atoms with van der Waals surface area (Å²) < 4.78 is 24.4. The number of rotatable bonds is 10. The van der Waals surface area contributed by atoms with E-state index in [1.807, 2.05) is 0 Å². The van der Waals surface area contributed by atoms with Gasteiger partial charge in [0, 0.05) is 35.5 Å². The normalized spacial score (nSPS) is 15.3. The summed E-state index contributed by atoms with van der Waals surface area (Å²) in [5, 5.41) is 15.8. The van der Waals surface area contributed by atoms with E-state index in [2.05, 4.69) is 20.7 Å². The van der Waals surface area contributed by atoms with Crippen molar-refractivity contribution >= 4 is 29.1 Å². The van der Waals surface area contributed by atoms with E-state index in [9.17, 15) is 14.0 Å². The number of hydrogen-bond donors (Lipinski definition) is 1. The Kier molecular flexibility index (Phi) is 8.85. The number of carbonyl (C=O) groups is 2.